The van der Waals surface area contributed by atoms with Crippen LogP contribution in [0, 0.1) is 11.3 Å². The largest absolute Gasteiger partial charge is 0.488 e. The lowest BCUT2D eigenvalue weighted by molar-refractivity contribution is -0.112. The fourth-order valence-electron chi connectivity index (χ4n) is 4.02. The molecule has 3 aromatic rings. The first kappa shape index (κ1) is 26.9. The number of nitrogens with zero attached hydrogens (tertiary/aromatic N) is 1. The Kier molecular flexibility index (Phi) is 9.04. The van der Waals surface area contributed by atoms with Gasteiger partial charge in [-0.1, -0.05) is 29.8 Å². The number of carbonyl (C=O) groups is 2. The van der Waals surface area contributed by atoms with Gasteiger partial charge in [0.1, 0.15) is 29.0 Å². The molecule has 37 heavy (non-hydrogen) atoms. The predicted octanol–water partition coefficient (Wildman–Crippen LogP) is 7.34. The van der Waals surface area contributed by atoms with Crippen LogP contribution < -0.4 is 10.1 Å². The van der Waals surface area contributed by atoms with Crippen molar-refractivity contribution < 1.29 is 19.1 Å². The number of esters is 1. The Labute approximate surface area is 233 Å². The van der Waals surface area contributed by atoms with Crippen LogP contribution in [0.4, 0.5) is 5.00 Å². The lowest BCUT2D eigenvalue weighted by atomic mass is 9.95. The van der Waals surface area contributed by atoms with Crippen molar-refractivity contribution in [2.24, 2.45) is 0 Å². The molecule has 1 aromatic heterocycles. The van der Waals surface area contributed by atoms with E-state index in [9.17, 15) is 14.9 Å². The first-order chi connectivity index (χ1) is 17.9. The number of fused-ring (bicyclic) bond motifs is 1. The first-order valence-corrected chi connectivity index (χ1v) is 13.8. The lowest BCUT2D eigenvalue weighted by Crippen LogP contribution is -2.16. The third-order valence-corrected chi connectivity index (χ3v) is 7.90. The van der Waals surface area contributed by atoms with Gasteiger partial charge in [0.15, 0.2) is 0 Å². The van der Waals surface area contributed by atoms with Crippen LogP contribution in [0.2, 0.25) is 5.02 Å². The Morgan fingerprint density at radius 1 is 1.19 bits per heavy atom. The number of carbonyl (C=O) groups excluding carboxylic acids is 2. The van der Waals surface area contributed by atoms with E-state index in [1.165, 1.54) is 17.4 Å². The van der Waals surface area contributed by atoms with Gasteiger partial charge in [0.2, 0.25) is 0 Å². The summed E-state index contributed by atoms with van der Waals surface area (Å²) in [6, 6.07) is 14.7. The van der Waals surface area contributed by atoms with Gasteiger partial charge < -0.3 is 14.8 Å². The minimum absolute atomic E-state index is 0.0806. The summed E-state index contributed by atoms with van der Waals surface area (Å²) in [5, 5.41) is 13.6. The summed E-state index contributed by atoms with van der Waals surface area (Å²) in [5.74, 6) is -0.401. The average molecular weight is 600 g/mol. The molecule has 0 bridgehead atoms. The van der Waals surface area contributed by atoms with Crippen molar-refractivity contribution in [3.05, 3.63) is 84.7 Å². The molecule has 1 heterocycles. The normalized spacial score (nSPS) is 12.9. The Morgan fingerprint density at radius 2 is 1.95 bits per heavy atom. The van der Waals surface area contributed by atoms with Gasteiger partial charge in [-0.15, -0.1) is 11.3 Å². The number of hydrogen-bond acceptors (Lipinski definition) is 6. The molecule has 0 atom stereocenters. The van der Waals surface area contributed by atoms with Crippen LogP contribution in [-0.2, 0) is 29.0 Å². The van der Waals surface area contributed by atoms with E-state index in [4.69, 9.17) is 21.1 Å². The van der Waals surface area contributed by atoms with Crippen molar-refractivity contribution in [3.63, 3.8) is 0 Å². The van der Waals surface area contributed by atoms with Crippen molar-refractivity contribution in [2.45, 2.75) is 39.2 Å². The van der Waals surface area contributed by atoms with Crippen LogP contribution in [0.5, 0.6) is 5.75 Å². The Balaban J connectivity index is 1.50. The number of thiophene rings is 1. The highest BCUT2D eigenvalue weighted by molar-refractivity contribution is 9.10. The van der Waals surface area contributed by atoms with E-state index in [1.807, 2.05) is 18.2 Å². The third-order valence-electron chi connectivity index (χ3n) is 5.82. The highest BCUT2D eigenvalue weighted by Gasteiger charge is 2.27. The van der Waals surface area contributed by atoms with Crippen molar-refractivity contribution in [1.29, 1.82) is 5.26 Å². The summed E-state index contributed by atoms with van der Waals surface area (Å²) in [5.41, 5.74) is 2.90. The first-order valence-electron chi connectivity index (χ1n) is 11.8. The molecule has 0 radical (unpaired) electrons. The second-order valence-electron chi connectivity index (χ2n) is 8.36. The molecular formula is C28H24BrClN2O4S. The molecule has 1 N–H and O–H groups in total. The second-order valence-corrected chi connectivity index (χ2v) is 10.8. The molecule has 1 amide bonds. The van der Waals surface area contributed by atoms with Gasteiger partial charge in [-0.25, -0.2) is 4.79 Å². The third kappa shape index (κ3) is 6.61. The van der Waals surface area contributed by atoms with Crippen molar-refractivity contribution in [2.75, 3.05) is 11.9 Å². The van der Waals surface area contributed by atoms with Gasteiger partial charge >= 0.3 is 5.97 Å². The molecule has 6 nitrogen and oxygen atoms in total. The van der Waals surface area contributed by atoms with E-state index in [-0.39, 0.29) is 12.2 Å². The summed E-state index contributed by atoms with van der Waals surface area (Å²) >= 11 is 10.8. The molecule has 9 heteroatoms. The predicted molar refractivity (Wildman–Crippen MR) is 149 cm³/mol. The zero-order valence-electron chi connectivity index (χ0n) is 20.1. The summed E-state index contributed by atoms with van der Waals surface area (Å²) in [6.07, 6.45) is 5.17. The molecule has 1 aliphatic carbocycles. The minimum atomic E-state index is -0.578. The van der Waals surface area contributed by atoms with Crippen LogP contribution in [0.1, 0.15) is 51.7 Å². The molecule has 0 saturated carbocycles. The standard InChI is InChI=1S/C28H24BrClN2O4S/c1-2-35-28(34)25-21-5-3-4-6-24(21)37-27(25)32-26(33)19(15-31)13-18-9-12-23(22(29)14-18)36-16-17-7-10-20(30)11-8-17/h7-14H,2-6,16H2,1H3,(H,32,33)/b19-13+. The molecule has 1 aliphatic rings. The Hall–Kier alpha value is -3.12. The van der Waals surface area contributed by atoms with Crippen molar-refractivity contribution >= 4 is 61.8 Å². The van der Waals surface area contributed by atoms with E-state index in [2.05, 4.69) is 21.2 Å². The highest BCUT2D eigenvalue weighted by Crippen LogP contribution is 2.39. The Bertz CT molecular complexity index is 1390. The Morgan fingerprint density at radius 3 is 2.65 bits per heavy atom. The summed E-state index contributed by atoms with van der Waals surface area (Å²) in [6.45, 7) is 2.36. The molecule has 2 aromatic carbocycles. The minimum Gasteiger partial charge on any atom is -0.488 e. The second kappa shape index (κ2) is 12.4. The molecule has 0 fully saturated rings. The number of nitrogens with one attached hydrogen (secondary N) is 1. The van der Waals surface area contributed by atoms with Gasteiger partial charge in [0.05, 0.1) is 16.6 Å². The number of amides is 1. The van der Waals surface area contributed by atoms with Gasteiger partial charge in [-0.05, 0) is 95.6 Å². The molecule has 0 spiro atoms. The van der Waals surface area contributed by atoms with E-state index < -0.39 is 11.9 Å². The number of aryl methyl sites for hydroxylation is 1. The summed E-state index contributed by atoms with van der Waals surface area (Å²) in [4.78, 5) is 26.8. The van der Waals surface area contributed by atoms with Gasteiger partial charge in [0.25, 0.3) is 5.91 Å². The molecule has 0 unspecified atom stereocenters. The highest BCUT2D eigenvalue weighted by atomic mass is 79.9. The maximum atomic E-state index is 13.0. The van der Waals surface area contributed by atoms with Crippen LogP contribution in [0.3, 0.4) is 0 Å². The van der Waals surface area contributed by atoms with Crippen LogP contribution in [0.25, 0.3) is 6.08 Å². The molecule has 0 saturated heterocycles. The number of halogens is 2. The quantitative estimate of drug-likeness (QED) is 0.166. The van der Waals surface area contributed by atoms with Gasteiger partial charge in [0, 0.05) is 9.90 Å². The lowest BCUT2D eigenvalue weighted by Gasteiger charge is -2.12. The number of hydrogen-bond donors (Lipinski definition) is 1. The molecule has 4 rings (SSSR count). The topological polar surface area (TPSA) is 88.4 Å². The average Bonchev–Trinajstić information content (AvgIpc) is 3.25. The molecule has 0 aliphatic heterocycles. The number of anilines is 1. The van der Waals surface area contributed by atoms with Crippen LogP contribution >= 0.6 is 38.9 Å². The number of ether oxygens (including phenoxy) is 2. The van der Waals surface area contributed by atoms with Gasteiger partial charge in [-0.3, -0.25) is 4.79 Å². The zero-order chi connectivity index (χ0) is 26.4. The fraction of sp³-hybridized carbons (Fsp3) is 0.250. The summed E-state index contributed by atoms with van der Waals surface area (Å²) < 4.78 is 11.8. The van der Waals surface area contributed by atoms with Crippen molar-refractivity contribution in [1.82, 2.24) is 0 Å². The SMILES string of the molecule is CCOC(=O)c1c(NC(=O)/C(C#N)=C/c2ccc(OCc3ccc(Cl)cc3)c(Br)c2)sc2c1CCCC2. The monoisotopic (exact) mass is 598 g/mol. The zero-order valence-corrected chi connectivity index (χ0v) is 23.3. The number of rotatable bonds is 8. The number of nitriles is 1. The van der Waals surface area contributed by atoms with E-state index >= 15 is 0 Å². The maximum Gasteiger partial charge on any atom is 0.341 e. The number of benzene rings is 2. The maximum absolute atomic E-state index is 13.0. The van der Waals surface area contributed by atoms with Crippen LogP contribution in [-0.4, -0.2) is 18.5 Å². The van der Waals surface area contributed by atoms with E-state index in [0.29, 0.717) is 38.0 Å². The fourth-order valence-corrected chi connectivity index (χ4v) is 5.93. The molecular weight excluding hydrogens is 576 g/mol. The van der Waals surface area contributed by atoms with Gasteiger partial charge in [-0.2, -0.15) is 5.26 Å². The summed E-state index contributed by atoms with van der Waals surface area (Å²) in [7, 11) is 0. The van der Waals surface area contributed by atoms with Crippen LogP contribution in [0.15, 0.2) is 52.5 Å². The van der Waals surface area contributed by atoms with E-state index in [0.717, 1.165) is 41.7 Å². The molecule has 190 valence electrons. The van der Waals surface area contributed by atoms with Crippen molar-refractivity contribution in [3.8, 4) is 11.8 Å². The van der Waals surface area contributed by atoms with E-state index in [1.54, 1.807) is 37.3 Å². The smallest absolute Gasteiger partial charge is 0.341 e.